The lowest BCUT2D eigenvalue weighted by atomic mass is 10.3. The summed E-state index contributed by atoms with van der Waals surface area (Å²) in [6.45, 7) is 0. The Kier molecular flexibility index (Phi) is 4.32. The lowest BCUT2D eigenvalue weighted by molar-refractivity contribution is -0.115. The molecule has 1 aliphatic rings. The van der Waals surface area contributed by atoms with Crippen LogP contribution in [0.2, 0.25) is 0 Å². The molecule has 1 fully saturated rings. The normalized spacial score (nSPS) is 18.5. The number of aliphatic imine (C=N–C) groups is 1. The molecule has 0 unspecified atom stereocenters. The van der Waals surface area contributed by atoms with E-state index in [-0.39, 0.29) is 5.91 Å². The molecule has 0 radical (unpaired) electrons. The molecule has 1 saturated heterocycles. The number of nitrogens with one attached hydrogen (secondary N) is 1. The highest BCUT2D eigenvalue weighted by molar-refractivity contribution is 9.10. The van der Waals surface area contributed by atoms with Crippen molar-refractivity contribution in [2.24, 2.45) is 4.99 Å². The first-order valence-corrected chi connectivity index (χ1v) is 8.31. The Bertz CT molecular complexity index is 751. The molecule has 0 saturated carbocycles. The van der Waals surface area contributed by atoms with Crippen LogP contribution < -0.4 is 5.32 Å². The van der Waals surface area contributed by atoms with Gasteiger partial charge < -0.3 is 9.73 Å². The van der Waals surface area contributed by atoms with Crippen LogP contribution in [0.3, 0.4) is 0 Å². The molecular weight excluding hydrogens is 420 g/mol. The number of carbonyl (C=O) groups excluding carboxylic acids is 1. The van der Waals surface area contributed by atoms with Crippen LogP contribution in [-0.2, 0) is 4.79 Å². The van der Waals surface area contributed by atoms with Gasteiger partial charge in [0.15, 0.2) is 9.84 Å². The van der Waals surface area contributed by atoms with Crippen molar-refractivity contribution in [1.82, 2.24) is 5.32 Å². The molecule has 1 aliphatic heterocycles. The van der Waals surface area contributed by atoms with E-state index in [1.807, 2.05) is 24.3 Å². The van der Waals surface area contributed by atoms with Gasteiger partial charge in [-0.25, -0.2) is 4.99 Å². The number of halogens is 2. The predicted molar refractivity (Wildman–Crippen MR) is 91.4 cm³/mol. The predicted octanol–water partition coefficient (Wildman–Crippen LogP) is 4.70. The Morgan fingerprint density at radius 3 is 2.57 bits per heavy atom. The Balaban J connectivity index is 1.81. The lowest BCUT2D eigenvalue weighted by Crippen LogP contribution is -2.19. The van der Waals surface area contributed by atoms with E-state index in [0.717, 1.165) is 10.2 Å². The highest BCUT2D eigenvalue weighted by Crippen LogP contribution is 2.29. The number of rotatable bonds is 2. The third-order valence-corrected chi connectivity index (χ3v) is 4.44. The van der Waals surface area contributed by atoms with Crippen LogP contribution in [0.25, 0.3) is 6.08 Å². The largest absolute Gasteiger partial charge is 0.450 e. The molecule has 7 heteroatoms. The molecule has 21 heavy (non-hydrogen) atoms. The zero-order valence-electron chi connectivity index (χ0n) is 10.5. The van der Waals surface area contributed by atoms with Gasteiger partial charge in [-0.2, -0.15) is 0 Å². The molecule has 1 N–H and O–H groups in total. The van der Waals surface area contributed by atoms with Crippen LogP contribution in [0.5, 0.6) is 0 Å². The van der Waals surface area contributed by atoms with E-state index in [2.05, 4.69) is 42.2 Å². The average Bonchev–Trinajstić information content (AvgIpc) is 3.00. The second kappa shape index (κ2) is 6.21. The third-order valence-electron chi connectivity index (χ3n) is 2.58. The first-order valence-electron chi connectivity index (χ1n) is 5.91. The van der Waals surface area contributed by atoms with Gasteiger partial charge in [0.05, 0.1) is 10.6 Å². The minimum absolute atomic E-state index is 0.177. The van der Waals surface area contributed by atoms with Gasteiger partial charge in [0.1, 0.15) is 5.76 Å². The molecule has 1 aromatic carbocycles. The molecule has 1 aromatic heterocycles. The average molecular weight is 428 g/mol. The van der Waals surface area contributed by atoms with Crippen LogP contribution in [0.1, 0.15) is 5.76 Å². The van der Waals surface area contributed by atoms with E-state index in [4.69, 9.17) is 4.42 Å². The molecule has 2 aromatic rings. The van der Waals surface area contributed by atoms with E-state index in [0.29, 0.717) is 20.5 Å². The van der Waals surface area contributed by atoms with E-state index in [9.17, 15) is 4.79 Å². The number of amides is 1. The number of amidine groups is 1. The van der Waals surface area contributed by atoms with E-state index < -0.39 is 0 Å². The Hall–Kier alpha value is -1.31. The maximum Gasteiger partial charge on any atom is 0.264 e. The van der Waals surface area contributed by atoms with Crippen molar-refractivity contribution in [3.63, 3.8) is 0 Å². The van der Waals surface area contributed by atoms with Crippen molar-refractivity contribution in [1.29, 1.82) is 0 Å². The van der Waals surface area contributed by atoms with Crippen molar-refractivity contribution in [3.05, 3.63) is 56.2 Å². The van der Waals surface area contributed by atoms with Crippen LogP contribution >= 0.6 is 43.6 Å². The monoisotopic (exact) mass is 426 g/mol. The van der Waals surface area contributed by atoms with Crippen LogP contribution in [0.4, 0.5) is 5.69 Å². The molecule has 3 rings (SSSR count). The van der Waals surface area contributed by atoms with Crippen molar-refractivity contribution in [3.8, 4) is 0 Å². The summed E-state index contributed by atoms with van der Waals surface area (Å²) in [7, 11) is 0. The minimum Gasteiger partial charge on any atom is -0.450 e. The highest BCUT2D eigenvalue weighted by atomic mass is 79.9. The van der Waals surface area contributed by atoms with Crippen molar-refractivity contribution in [2.75, 3.05) is 0 Å². The number of carbonyl (C=O) groups is 1. The fourth-order valence-corrected chi connectivity index (χ4v) is 3.05. The number of hydrogen-bond donors (Lipinski definition) is 1. The Morgan fingerprint density at radius 2 is 1.90 bits per heavy atom. The Labute approximate surface area is 142 Å². The van der Waals surface area contributed by atoms with Gasteiger partial charge in [-0.15, -0.1) is 0 Å². The van der Waals surface area contributed by atoms with Gasteiger partial charge in [0.25, 0.3) is 5.91 Å². The van der Waals surface area contributed by atoms with Crippen LogP contribution in [0, 0.1) is 0 Å². The summed E-state index contributed by atoms with van der Waals surface area (Å²) in [5.74, 6) is 0.438. The minimum atomic E-state index is -0.177. The fourth-order valence-electron chi connectivity index (χ4n) is 1.65. The maximum absolute atomic E-state index is 11.9. The fraction of sp³-hybridized carbons (Fsp3) is 0. The number of thioether (sulfide) groups is 1. The lowest BCUT2D eigenvalue weighted by Gasteiger charge is -1.96. The number of benzene rings is 1. The molecule has 2 heterocycles. The van der Waals surface area contributed by atoms with E-state index in [1.165, 1.54) is 11.8 Å². The summed E-state index contributed by atoms with van der Waals surface area (Å²) in [4.78, 5) is 16.8. The summed E-state index contributed by atoms with van der Waals surface area (Å²) in [6.07, 6.45) is 1.69. The molecule has 0 atom stereocenters. The first-order chi connectivity index (χ1) is 10.1. The highest BCUT2D eigenvalue weighted by Gasteiger charge is 2.24. The molecule has 1 amide bonds. The summed E-state index contributed by atoms with van der Waals surface area (Å²) in [6, 6.07) is 11.1. The van der Waals surface area contributed by atoms with Gasteiger partial charge in [-0.05, 0) is 64.1 Å². The van der Waals surface area contributed by atoms with Crippen LogP contribution in [-0.4, -0.2) is 11.1 Å². The molecular formula is C14H8Br2N2O2S. The second-order valence-electron chi connectivity index (χ2n) is 4.10. The SMILES string of the molecule is O=C1NC(=Nc2ccc(Br)cc2)S/C1=C\c1ccc(Br)o1. The van der Waals surface area contributed by atoms with E-state index >= 15 is 0 Å². The zero-order valence-corrected chi connectivity index (χ0v) is 14.5. The zero-order chi connectivity index (χ0) is 14.8. The van der Waals surface area contributed by atoms with Gasteiger partial charge in [0.2, 0.25) is 0 Å². The summed E-state index contributed by atoms with van der Waals surface area (Å²) < 4.78 is 6.97. The van der Waals surface area contributed by atoms with Gasteiger partial charge in [-0.3, -0.25) is 4.79 Å². The second-order valence-corrected chi connectivity index (χ2v) is 6.83. The number of hydrogen-bond acceptors (Lipinski definition) is 4. The van der Waals surface area contributed by atoms with E-state index in [1.54, 1.807) is 18.2 Å². The van der Waals surface area contributed by atoms with Crippen molar-refractivity contribution in [2.45, 2.75) is 0 Å². The summed E-state index contributed by atoms with van der Waals surface area (Å²) >= 11 is 7.88. The third kappa shape index (κ3) is 3.66. The molecule has 0 aliphatic carbocycles. The van der Waals surface area contributed by atoms with Crippen molar-refractivity contribution < 1.29 is 9.21 Å². The quantitative estimate of drug-likeness (QED) is 0.707. The van der Waals surface area contributed by atoms with Crippen LogP contribution in [0.15, 0.2) is 59.9 Å². The van der Waals surface area contributed by atoms with Gasteiger partial charge >= 0.3 is 0 Å². The standard InChI is InChI=1S/C14H8Br2N2O2S/c15-8-1-3-9(4-2-8)17-14-18-13(19)11(21-14)7-10-5-6-12(16)20-10/h1-7H,(H,17,18,19)/b11-7-. The number of furan rings is 1. The summed E-state index contributed by atoms with van der Waals surface area (Å²) in [5.41, 5.74) is 0.781. The topological polar surface area (TPSA) is 54.6 Å². The van der Waals surface area contributed by atoms with Gasteiger partial charge in [0, 0.05) is 10.5 Å². The van der Waals surface area contributed by atoms with Gasteiger partial charge in [-0.1, -0.05) is 15.9 Å². The first kappa shape index (κ1) is 14.6. The molecule has 0 bridgehead atoms. The Morgan fingerprint density at radius 1 is 1.14 bits per heavy atom. The summed E-state index contributed by atoms with van der Waals surface area (Å²) in [5, 5.41) is 3.29. The van der Waals surface area contributed by atoms with Crippen molar-refractivity contribution >= 4 is 66.5 Å². The molecule has 106 valence electrons. The number of nitrogens with zero attached hydrogens (tertiary/aromatic N) is 1. The molecule has 4 nitrogen and oxygen atoms in total. The smallest absolute Gasteiger partial charge is 0.264 e. The maximum atomic E-state index is 11.9. The molecule has 0 spiro atoms.